The lowest BCUT2D eigenvalue weighted by atomic mass is 10.1. The van der Waals surface area contributed by atoms with Crippen molar-refractivity contribution >= 4 is 11.6 Å². The number of hydrogen-bond acceptors (Lipinski definition) is 3. The average molecular weight is 297 g/mol. The third-order valence-electron chi connectivity index (χ3n) is 4.00. The Bertz CT molecular complexity index is 711. The highest BCUT2D eigenvalue weighted by Gasteiger charge is 2.33. The van der Waals surface area contributed by atoms with E-state index in [0.29, 0.717) is 24.4 Å². The molecule has 114 valence electrons. The predicted molar refractivity (Wildman–Crippen MR) is 85.2 cm³/mol. The van der Waals surface area contributed by atoms with Crippen LogP contribution in [0.1, 0.15) is 24.5 Å². The molecule has 0 saturated carbocycles. The molecule has 1 N–H and O–H groups in total. The van der Waals surface area contributed by atoms with Crippen molar-refractivity contribution in [1.29, 1.82) is 0 Å². The van der Waals surface area contributed by atoms with Crippen LogP contribution in [-0.4, -0.2) is 17.1 Å². The van der Waals surface area contributed by atoms with E-state index in [1.165, 1.54) is 0 Å². The van der Waals surface area contributed by atoms with E-state index in [1.807, 2.05) is 38.1 Å². The third kappa shape index (κ3) is 2.52. The first-order valence-corrected chi connectivity index (χ1v) is 7.45. The maximum atomic E-state index is 12.7. The van der Waals surface area contributed by atoms with Crippen molar-refractivity contribution < 1.29 is 14.6 Å². The summed E-state index contributed by atoms with van der Waals surface area (Å²) in [6.45, 7) is 4.43. The molecule has 1 aliphatic rings. The Kier molecular flexibility index (Phi) is 3.75. The Labute approximate surface area is 130 Å². The molecule has 0 radical (unpaired) electrons. The maximum Gasteiger partial charge on any atom is 0.268 e. The summed E-state index contributed by atoms with van der Waals surface area (Å²) in [5.41, 5.74) is 2.84. The standard InChI is InChI=1S/C18H19NO3/c1-3-16-18(21)19(11-13-7-5-4-6-12(13)2)15-10-14(20)8-9-17(15)22-16/h4-10,16,20H,3,11H2,1-2H3. The summed E-state index contributed by atoms with van der Waals surface area (Å²) >= 11 is 0. The number of ether oxygens (including phenoxy) is 1. The Hall–Kier alpha value is -2.49. The third-order valence-corrected chi connectivity index (χ3v) is 4.00. The number of hydrogen-bond donors (Lipinski definition) is 1. The summed E-state index contributed by atoms with van der Waals surface area (Å²) in [5, 5.41) is 9.74. The number of nitrogens with zero attached hydrogens (tertiary/aromatic N) is 1. The summed E-state index contributed by atoms with van der Waals surface area (Å²) in [5.74, 6) is 0.696. The zero-order valence-electron chi connectivity index (χ0n) is 12.7. The van der Waals surface area contributed by atoms with Crippen LogP contribution in [0.25, 0.3) is 0 Å². The minimum absolute atomic E-state index is 0.0659. The molecule has 4 nitrogen and oxygen atoms in total. The fourth-order valence-corrected chi connectivity index (χ4v) is 2.69. The van der Waals surface area contributed by atoms with Crippen LogP contribution in [0.2, 0.25) is 0 Å². The Morgan fingerprint density at radius 1 is 1.23 bits per heavy atom. The number of aryl methyl sites for hydroxylation is 1. The topological polar surface area (TPSA) is 49.8 Å². The SMILES string of the molecule is CCC1Oc2ccc(O)cc2N(Cc2ccccc2C)C1=O. The maximum absolute atomic E-state index is 12.7. The van der Waals surface area contributed by atoms with Crippen LogP contribution in [-0.2, 0) is 11.3 Å². The van der Waals surface area contributed by atoms with E-state index < -0.39 is 6.10 Å². The van der Waals surface area contributed by atoms with Crippen molar-refractivity contribution in [3.63, 3.8) is 0 Å². The van der Waals surface area contributed by atoms with Crippen molar-refractivity contribution in [2.24, 2.45) is 0 Å². The van der Waals surface area contributed by atoms with Gasteiger partial charge in [-0.3, -0.25) is 4.79 Å². The second-order valence-corrected chi connectivity index (χ2v) is 5.52. The summed E-state index contributed by atoms with van der Waals surface area (Å²) in [4.78, 5) is 14.4. The predicted octanol–water partition coefficient (Wildman–Crippen LogP) is 3.40. The average Bonchev–Trinajstić information content (AvgIpc) is 2.52. The number of carbonyl (C=O) groups is 1. The number of benzene rings is 2. The van der Waals surface area contributed by atoms with E-state index in [2.05, 4.69) is 0 Å². The molecule has 22 heavy (non-hydrogen) atoms. The first kappa shape index (κ1) is 14.4. The number of fused-ring (bicyclic) bond motifs is 1. The van der Waals surface area contributed by atoms with Gasteiger partial charge in [0.05, 0.1) is 12.2 Å². The molecule has 2 aromatic rings. The van der Waals surface area contributed by atoms with Gasteiger partial charge in [0.25, 0.3) is 5.91 Å². The van der Waals surface area contributed by atoms with Crippen molar-refractivity contribution in [2.75, 3.05) is 4.90 Å². The largest absolute Gasteiger partial charge is 0.508 e. The van der Waals surface area contributed by atoms with Gasteiger partial charge in [0.15, 0.2) is 6.10 Å². The van der Waals surface area contributed by atoms with E-state index >= 15 is 0 Å². The minimum Gasteiger partial charge on any atom is -0.508 e. The monoisotopic (exact) mass is 297 g/mol. The molecule has 3 rings (SSSR count). The van der Waals surface area contributed by atoms with Gasteiger partial charge >= 0.3 is 0 Å². The Balaban J connectivity index is 2.03. The number of rotatable bonds is 3. The number of phenolic OH excluding ortho intramolecular Hbond substituents is 1. The molecule has 4 heteroatoms. The second-order valence-electron chi connectivity index (χ2n) is 5.52. The van der Waals surface area contributed by atoms with Crippen molar-refractivity contribution in [2.45, 2.75) is 32.9 Å². The van der Waals surface area contributed by atoms with Crippen LogP contribution in [0.5, 0.6) is 11.5 Å². The molecule has 0 fully saturated rings. The lowest BCUT2D eigenvalue weighted by Gasteiger charge is -2.34. The molecule has 0 bridgehead atoms. The lowest BCUT2D eigenvalue weighted by Crippen LogP contribution is -2.45. The second kappa shape index (κ2) is 5.72. The van der Waals surface area contributed by atoms with Gasteiger partial charge in [-0.15, -0.1) is 0 Å². The molecule has 1 unspecified atom stereocenters. The smallest absolute Gasteiger partial charge is 0.268 e. The van der Waals surface area contributed by atoms with Crippen LogP contribution < -0.4 is 9.64 Å². The number of phenols is 1. The number of anilines is 1. The van der Waals surface area contributed by atoms with Crippen LogP contribution in [0, 0.1) is 6.92 Å². The first-order valence-electron chi connectivity index (χ1n) is 7.45. The van der Waals surface area contributed by atoms with E-state index in [-0.39, 0.29) is 11.7 Å². The summed E-state index contributed by atoms with van der Waals surface area (Å²) in [7, 11) is 0. The van der Waals surface area contributed by atoms with Crippen LogP contribution in [0.4, 0.5) is 5.69 Å². The molecule has 0 aromatic heterocycles. The summed E-state index contributed by atoms with van der Waals surface area (Å²) in [6.07, 6.45) is 0.143. The zero-order chi connectivity index (χ0) is 15.7. The van der Waals surface area contributed by atoms with E-state index in [1.54, 1.807) is 23.1 Å². The number of carbonyl (C=O) groups excluding carboxylic acids is 1. The van der Waals surface area contributed by atoms with Gasteiger partial charge in [-0.2, -0.15) is 0 Å². The fraction of sp³-hybridized carbons (Fsp3) is 0.278. The first-order chi connectivity index (χ1) is 10.6. The van der Waals surface area contributed by atoms with Gasteiger partial charge in [0.1, 0.15) is 11.5 Å². The van der Waals surface area contributed by atoms with Crippen LogP contribution >= 0.6 is 0 Å². The minimum atomic E-state index is -0.471. The summed E-state index contributed by atoms with van der Waals surface area (Å²) in [6, 6.07) is 12.9. The van der Waals surface area contributed by atoms with Crippen molar-refractivity contribution in [3.05, 3.63) is 53.6 Å². The zero-order valence-corrected chi connectivity index (χ0v) is 12.7. The van der Waals surface area contributed by atoms with Gasteiger partial charge in [-0.05, 0) is 36.6 Å². The number of amides is 1. The summed E-state index contributed by atoms with van der Waals surface area (Å²) < 4.78 is 5.74. The fourth-order valence-electron chi connectivity index (χ4n) is 2.69. The molecular weight excluding hydrogens is 278 g/mol. The molecule has 2 aromatic carbocycles. The molecule has 1 heterocycles. The quantitative estimate of drug-likeness (QED) is 0.944. The molecule has 1 amide bonds. The highest BCUT2D eigenvalue weighted by Crippen LogP contribution is 2.38. The van der Waals surface area contributed by atoms with Gasteiger partial charge in [-0.25, -0.2) is 0 Å². The normalized spacial score (nSPS) is 17.1. The molecule has 1 atom stereocenters. The molecule has 1 aliphatic heterocycles. The Morgan fingerprint density at radius 2 is 2.00 bits per heavy atom. The van der Waals surface area contributed by atoms with Crippen molar-refractivity contribution in [3.8, 4) is 11.5 Å². The van der Waals surface area contributed by atoms with Gasteiger partial charge in [0, 0.05) is 6.07 Å². The molecule has 0 spiro atoms. The highest BCUT2D eigenvalue weighted by molar-refractivity contribution is 6.00. The van der Waals surface area contributed by atoms with Gasteiger partial charge < -0.3 is 14.7 Å². The molecule has 0 saturated heterocycles. The van der Waals surface area contributed by atoms with E-state index in [0.717, 1.165) is 11.1 Å². The number of aromatic hydroxyl groups is 1. The van der Waals surface area contributed by atoms with Gasteiger partial charge in [0.2, 0.25) is 0 Å². The lowest BCUT2D eigenvalue weighted by molar-refractivity contribution is -0.126. The van der Waals surface area contributed by atoms with Crippen LogP contribution in [0.15, 0.2) is 42.5 Å². The van der Waals surface area contributed by atoms with Crippen molar-refractivity contribution in [1.82, 2.24) is 0 Å². The van der Waals surface area contributed by atoms with Gasteiger partial charge in [-0.1, -0.05) is 31.2 Å². The molecule has 0 aliphatic carbocycles. The van der Waals surface area contributed by atoms with E-state index in [9.17, 15) is 9.90 Å². The molecular formula is C18H19NO3. The van der Waals surface area contributed by atoms with E-state index in [4.69, 9.17) is 4.74 Å². The Morgan fingerprint density at radius 3 is 2.73 bits per heavy atom. The highest BCUT2D eigenvalue weighted by atomic mass is 16.5. The van der Waals surface area contributed by atoms with Crippen LogP contribution in [0.3, 0.4) is 0 Å².